The smallest absolute Gasteiger partial charge is 0.230 e. The fourth-order valence-corrected chi connectivity index (χ4v) is 1.42. The molecule has 1 aromatic carbocycles. The minimum Gasteiger partial charge on any atom is -0.354 e. The summed E-state index contributed by atoms with van der Waals surface area (Å²) < 4.78 is 13.1. The quantitative estimate of drug-likeness (QED) is 0.806. The predicted molar refractivity (Wildman–Crippen MR) is 61.5 cm³/mol. The molecule has 0 aliphatic rings. The van der Waals surface area contributed by atoms with E-state index in [4.69, 9.17) is 5.73 Å². The van der Waals surface area contributed by atoms with Gasteiger partial charge in [-0.15, -0.1) is 0 Å². The van der Waals surface area contributed by atoms with Crippen LogP contribution in [0.3, 0.4) is 0 Å². The molecule has 0 aliphatic carbocycles. The van der Waals surface area contributed by atoms with Crippen LogP contribution in [-0.4, -0.2) is 19.0 Å². The molecule has 1 amide bonds. The third-order valence-electron chi connectivity index (χ3n) is 2.54. The monoisotopic (exact) mass is 224 g/mol. The normalized spacial score (nSPS) is 11.2. The van der Waals surface area contributed by atoms with Crippen LogP contribution in [0.4, 0.5) is 4.39 Å². The van der Waals surface area contributed by atoms with Crippen LogP contribution >= 0.6 is 0 Å². The topological polar surface area (TPSA) is 55.1 Å². The number of nitrogens with two attached hydrogens (primary N) is 1. The van der Waals surface area contributed by atoms with Gasteiger partial charge in [0.05, 0.1) is 5.41 Å². The Kier molecular flexibility index (Phi) is 4.01. The second kappa shape index (κ2) is 5.07. The van der Waals surface area contributed by atoms with Gasteiger partial charge in [0, 0.05) is 13.1 Å². The number of carbonyl (C=O) groups excluding carboxylic acids is 1. The first-order valence-corrected chi connectivity index (χ1v) is 5.23. The van der Waals surface area contributed by atoms with Crippen molar-refractivity contribution in [3.8, 4) is 0 Å². The molecule has 0 bridgehead atoms. The van der Waals surface area contributed by atoms with Crippen molar-refractivity contribution in [1.29, 1.82) is 0 Å². The first kappa shape index (κ1) is 12.6. The van der Waals surface area contributed by atoms with E-state index in [0.717, 1.165) is 0 Å². The summed E-state index contributed by atoms with van der Waals surface area (Å²) in [5.41, 5.74) is 5.21. The van der Waals surface area contributed by atoms with E-state index in [1.54, 1.807) is 26.0 Å². The largest absolute Gasteiger partial charge is 0.354 e. The minimum atomic E-state index is -0.753. The highest BCUT2D eigenvalue weighted by molar-refractivity contribution is 5.87. The number of hydrogen-bond acceptors (Lipinski definition) is 2. The molecule has 1 aromatic rings. The lowest BCUT2D eigenvalue weighted by Gasteiger charge is -2.24. The summed E-state index contributed by atoms with van der Waals surface area (Å²) in [6.07, 6.45) is 0. The maximum atomic E-state index is 13.1. The highest BCUT2D eigenvalue weighted by Gasteiger charge is 2.29. The Morgan fingerprint density at radius 3 is 2.75 bits per heavy atom. The summed E-state index contributed by atoms with van der Waals surface area (Å²) in [4.78, 5) is 11.8. The number of rotatable bonds is 4. The molecule has 0 heterocycles. The van der Waals surface area contributed by atoms with Gasteiger partial charge in [-0.05, 0) is 31.5 Å². The number of nitrogens with one attached hydrogen (secondary N) is 1. The van der Waals surface area contributed by atoms with E-state index in [-0.39, 0.29) is 11.7 Å². The molecule has 16 heavy (non-hydrogen) atoms. The fourth-order valence-electron chi connectivity index (χ4n) is 1.42. The first-order valence-electron chi connectivity index (χ1n) is 5.23. The SMILES string of the molecule is CC(C)(C(=O)NCCN)c1cccc(F)c1. The van der Waals surface area contributed by atoms with Gasteiger partial charge in [-0.3, -0.25) is 4.79 Å². The van der Waals surface area contributed by atoms with E-state index in [2.05, 4.69) is 5.32 Å². The summed E-state index contributed by atoms with van der Waals surface area (Å²) >= 11 is 0. The molecule has 0 spiro atoms. The summed E-state index contributed by atoms with van der Waals surface area (Å²) in [6, 6.07) is 6.08. The Balaban J connectivity index is 2.88. The standard InChI is InChI=1S/C12H17FN2O/c1-12(2,11(16)15-7-6-14)9-4-3-5-10(13)8-9/h3-5,8H,6-7,14H2,1-2H3,(H,15,16). The Bertz CT molecular complexity index is 377. The maximum Gasteiger partial charge on any atom is 0.230 e. The Labute approximate surface area is 94.8 Å². The van der Waals surface area contributed by atoms with Crippen molar-refractivity contribution in [3.63, 3.8) is 0 Å². The van der Waals surface area contributed by atoms with Gasteiger partial charge in [0.25, 0.3) is 0 Å². The van der Waals surface area contributed by atoms with Crippen molar-refractivity contribution in [1.82, 2.24) is 5.32 Å². The van der Waals surface area contributed by atoms with Crippen molar-refractivity contribution >= 4 is 5.91 Å². The average Bonchev–Trinajstić information content (AvgIpc) is 2.25. The molecule has 0 aliphatic heterocycles. The lowest BCUT2D eigenvalue weighted by Crippen LogP contribution is -2.42. The number of benzene rings is 1. The Hall–Kier alpha value is -1.42. The van der Waals surface area contributed by atoms with Crippen molar-refractivity contribution in [3.05, 3.63) is 35.6 Å². The molecule has 0 atom stereocenters. The van der Waals surface area contributed by atoms with Crippen LogP contribution in [0.15, 0.2) is 24.3 Å². The molecular formula is C12H17FN2O. The lowest BCUT2D eigenvalue weighted by atomic mass is 9.83. The molecule has 0 aromatic heterocycles. The third-order valence-corrected chi connectivity index (χ3v) is 2.54. The van der Waals surface area contributed by atoms with Crippen LogP contribution in [0, 0.1) is 5.82 Å². The van der Waals surface area contributed by atoms with Gasteiger partial charge < -0.3 is 11.1 Å². The highest BCUT2D eigenvalue weighted by Crippen LogP contribution is 2.23. The molecule has 4 heteroatoms. The van der Waals surface area contributed by atoms with Crippen LogP contribution in [-0.2, 0) is 10.2 Å². The van der Waals surface area contributed by atoms with Crippen LogP contribution in [0.5, 0.6) is 0 Å². The van der Waals surface area contributed by atoms with Gasteiger partial charge in [0.1, 0.15) is 5.82 Å². The summed E-state index contributed by atoms with van der Waals surface area (Å²) in [7, 11) is 0. The zero-order valence-corrected chi connectivity index (χ0v) is 9.59. The molecule has 1 rings (SSSR count). The first-order chi connectivity index (χ1) is 7.48. The van der Waals surface area contributed by atoms with E-state index < -0.39 is 5.41 Å². The maximum absolute atomic E-state index is 13.1. The van der Waals surface area contributed by atoms with Crippen molar-refractivity contribution in [2.45, 2.75) is 19.3 Å². The molecule has 3 N–H and O–H groups in total. The van der Waals surface area contributed by atoms with E-state index in [9.17, 15) is 9.18 Å². The molecule has 3 nitrogen and oxygen atoms in total. The van der Waals surface area contributed by atoms with E-state index in [1.807, 2.05) is 0 Å². The van der Waals surface area contributed by atoms with E-state index in [1.165, 1.54) is 12.1 Å². The third kappa shape index (κ3) is 2.79. The molecule has 0 radical (unpaired) electrons. The lowest BCUT2D eigenvalue weighted by molar-refractivity contribution is -0.125. The second-order valence-corrected chi connectivity index (χ2v) is 4.18. The van der Waals surface area contributed by atoms with Crippen LogP contribution < -0.4 is 11.1 Å². The van der Waals surface area contributed by atoms with Gasteiger partial charge >= 0.3 is 0 Å². The number of amides is 1. The van der Waals surface area contributed by atoms with Gasteiger partial charge in [-0.25, -0.2) is 4.39 Å². The van der Waals surface area contributed by atoms with Crippen molar-refractivity contribution < 1.29 is 9.18 Å². The molecule has 0 saturated heterocycles. The zero-order valence-electron chi connectivity index (χ0n) is 9.59. The van der Waals surface area contributed by atoms with E-state index in [0.29, 0.717) is 18.7 Å². The van der Waals surface area contributed by atoms with Crippen LogP contribution in [0.25, 0.3) is 0 Å². The molecule has 0 fully saturated rings. The number of carbonyl (C=O) groups is 1. The molecule has 0 saturated carbocycles. The molecule has 88 valence electrons. The fraction of sp³-hybridized carbons (Fsp3) is 0.417. The van der Waals surface area contributed by atoms with Gasteiger partial charge in [-0.1, -0.05) is 12.1 Å². The Morgan fingerprint density at radius 1 is 1.50 bits per heavy atom. The van der Waals surface area contributed by atoms with Gasteiger partial charge in [0.15, 0.2) is 0 Å². The van der Waals surface area contributed by atoms with E-state index >= 15 is 0 Å². The Morgan fingerprint density at radius 2 is 2.19 bits per heavy atom. The van der Waals surface area contributed by atoms with Gasteiger partial charge in [0.2, 0.25) is 5.91 Å². The zero-order chi connectivity index (χ0) is 12.2. The average molecular weight is 224 g/mol. The molecule has 0 unspecified atom stereocenters. The van der Waals surface area contributed by atoms with Gasteiger partial charge in [-0.2, -0.15) is 0 Å². The summed E-state index contributed by atoms with van der Waals surface area (Å²) in [5, 5.41) is 2.70. The molecular weight excluding hydrogens is 207 g/mol. The number of hydrogen-bond donors (Lipinski definition) is 2. The number of halogens is 1. The minimum absolute atomic E-state index is 0.149. The second-order valence-electron chi connectivity index (χ2n) is 4.18. The summed E-state index contributed by atoms with van der Waals surface area (Å²) in [6.45, 7) is 4.34. The highest BCUT2D eigenvalue weighted by atomic mass is 19.1. The van der Waals surface area contributed by atoms with Crippen LogP contribution in [0.2, 0.25) is 0 Å². The van der Waals surface area contributed by atoms with Crippen LogP contribution in [0.1, 0.15) is 19.4 Å². The van der Waals surface area contributed by atoms with Crippen molar-refractivity contribution in [2.24, 2.45) is 5.73 Å². The predicted octanol–water partition coefficient (Wildman–Crippen LogP) is 1.18. The van der Waals surface area contributed by atoms with Crippen molar-refractivity contribution in [2.75, 3.05) is 13.1 Å². The summed E-state index contributed by atoms with van der Waals surface area (Å²) in [5.74, 6) is -0.485.